The van der Waals surface area contributed by atoms with E-state index in [-0.39, 0.29) is 12.4 Å². The molecule has 0 spiro atoms. The van der Waals surface area contributed by atoms with Gasteiger partial charge in [0.15, 0.2) is 0 Å². The van der Waals surface area contributed by atoms with Crippen LogP contribution in [0.25, 0.3) is 0 Å². The van der Waals surface area contributed by atoms with Crippen molar-refractivity contribution in [1.29, 1.82) is 0 Å². The first kappa shape index (κ1) is 14.9. The maximum Gasteiger partial charge on any atom is 0.139 e. The molecular weight excluding hydrogens is 260 g/mol. The van der Waals surface area contributed by atoms with Gasteiger partial charge in [-0.1, -0.05) is 24.3 Å². The van der Waals surface area contributed by atoms with Crippen LogP contribution in [0, 0.1) is 6.92 Å². The summed E-state index contributed by atoms with van der Waals surface area (Å²) in [6, 6.07) is 7.01. The standard InChI is InChI=1S/C14H20N2O4/c1-8-4-2-3-5-9(8)6-15-14-13(20)12(19)11(18)10(7-17)16-14/h2-5,10-13,17-20H,6-7H2,1H3,(H,15,16)/t10-,11+,12+,13-/m1/s1. The maximum absolute atomic E-state index is 9.88. The van der Waals surface area contributed by atoms with Crippen LogP contribution in [0.2, 0.25) is 0 Å². The van der Waals surface area contributed by atoms with Gasteiger partial charge in [-0.3, -0.25) is 4.99 Å². The smallest absolute Gasteiger partial charge is 0.139 e. The van der Waals surface area contributed by atoms with Crippen molar-refractivity contribution >= 4 is 5.84 Å². The number of rotatable bonds is 3. The number of aliphatic hydroxyl groups is 4. The summed E-state index contributed by atoms with van der Waals surface area (Å²) in [7, 11) is 0. The first-order chi connectivity index (χ1) is 9.54. The molecule has 0 aliphatic carbocycles. The second kappa shape index (κ2) is 6.32. The second-order valence-electron chi connectivity index (χ2n) is 4.99. The normalized spacial score (nSPS) is 32.1. The van der Waals surface area contributed by atoms with Crippen molar-refractivity contribution < 1.29 is 20.4 Å². The summed E-state index contributed by atoms with van der Waals surface area (Å²) in [4.78, 5) is 4.25. The van der Waals surface area contributed by atoms with E-state index >= 15 is 0 Å². The fourth-order valence-corrected chi connectivity index (χ4v) is 2.20. The molecule has 5 N–H and O–H groups in total. The number of aryl methyl sites for hydroxylation is 1. The van der Waals surface area contributed by atoms with Crippen LogP contribution in [-0.2, 0) is 6.54 Å². The zero-order valence-electron chi connectivity index (χ0n) is 11.3. The van der Waals surface area contributed by atoms with Gasteiger partial charge in [0.1, 0.15) is 24.1 Å². The van der Waals surface area contributed by atoms with Crippen molar-refractivity contribution in [3.63, 3.8) is 0 Å². The number of amidine groups is 1. The van der Waals surface area contributed by atoms with Crippen molar-refractivity contribution in [1.82, 2.24) is 5.32 Å². The van der Waals surface area contributed by atoms with Gasteiger partial charge in [0.25, 0.3) is 0 Å². The highest BCUT2D eigenvalue weighted by atomic mass is 16.4. The van der Waals surface area contributed by atoms with Gasteiger partial charge < -0.3 is 25.7 Å². The van der Waals surface area contributed by atoms with Crippen molar-refractivity contribution in [3.05, 3.63) is 35.4 Å². The molecule has 1 aromatic carbocycles. The monoisotopic (exact) mass is 280 g/mol. The lowest BCUT2D eigenvalue weighted by atomic mass is 9.95. The van der Waals surface area contributed by atoms with Gasteiger partial charge in [-0.2, -0.15) is 0 Å². The number of hydrogen-bond donors (Lipinski definition) is 5. The largest absolute Gasteiger partial charge is 0.394 e. The average Bonchev–Trinajstić information content (AvgIpc) is 2.46. The number of nitrogens with zero attached hydrogens (tertiary/aromatic N) is 1. The predicted octanol–water partition coefficient (Wildman–Crippen LogP) is -1.06. The van der Waals surface area contributed by atoms with E-state index < -0.39 is 24.4 Å². The lowest BCUT2D eigenvalue weighted by Gasteiger charge is -2.36. The van der Waals surface area contributed by atoms with E-state index in [1.807, 2.05) is 31.2 Å². The Balaban J connectivity index is 2.14. The number of hydrogen-bond acceptors (Lipinski definition) is 5. The predicted molar refractivity (Wildman–Crippen MR) is 74.3 cm³/mol. The zero-order valence-corrected chi connectivity index (χ0v) is 11.3. The molecular formula is C14H20N2O4. The first-order valence-corrected chi connectivity index (χ1v) is 6.55. The molecule has 110 valence electrons. The minimum Gasteiger partial charge on any atom is -0.394 e. The Morgan fingerprint density at radius 2 is 1.85 bits per heavy atom. The Kier molecular flexibility index (Phi) is 4.72. The van der Waals surface area contributed by atoms with E-state index in [0.29, 0.717) is 6.54 Å². The van der Waals surface area contributed by atoms with Gasteiger partial charge in [-0.25, -0.2) is 0 Å². The second-order valence-corrected chi connectivity index (χ2v) is 4.99. The van der Waals surface area contributed by atoms with E-state index in [1.165, 1.54) is 0 Å². The van der Waals surface area contributed by atoms with Crippen molar-refractivity contribution in [2.45, 2.75) is 37.8 Å². The number of benzene rings is 1. The Morgan fingerprint density at radius 3 is 2.50 bits per heavy atom. The third-order valence-electron chi connectivity index (χ3n) is 3.58. The van der Waals surface area contributed by atoms with Crippen LogP contribution in [0.1, 0.15) is 11.1 Å². The summed E-state index contributed by atoms with van der Waals surface area (Å²) in [5, 5.41) is 41.2. The SMILES string of the molecule is Cc1ccccc1CN=C1N[C@H](CO)[C@H](O)[C@H](O)[C@H]1O. The fraction of sp³-hybridized carbons (Fsp3) is 0.500. The third kappa shape index (κ3) is 2.99. The summed E-state index contributed by atoms with van der Waals surface area (Å²) in [6.07, 6.45) is -3.87. The summed E-state index contributed by atoms with van der Waals surface area (Å²) >= 11 is 0. The molecule has 0 unspecified atom stereocenters. The van der Waals surface area contributed by atoms with Crippen molar-refractivity contribution in [3.8, 4) is 0 Å². The molecule has 6 nitrogen and oxygen atoms in total. The molecule has 6 heteroatoms. The number of nitrogens with one attached hydrogen (secondary N) is 1. The summed E-state index contributed by atoms with van der Waals surface area (Å²) < 4.78 is 0. The molecule has 1 saturated heterocycles. The molecule has 0 bridgehead atoms. The Bertz CT molecular complexity index is 490. The van der Waals surface area contributed by atoms with E-state index in [2.05, 4.69) is 10.3 Å². The van der Waals surface area contributed by atoms with Crippen LogP contribution in [0.3, 0.4) is 0 Å². The first-order valence-electron chi connectivity index (χ1n) is 6.55. The molecule has 20 heavy (non-hydrogen) atoms. The Hall–Kier alpha value is -1.47. The van der Waals surface area contributed by atoms with E-state index in [4.69, 9.17) is 5.11 Å². The molecule has 1 heterocycles. The lowest BCUT2D eigenvalue weighted by Crippen LogP contribution is -2.63. The Labute approximate surface area is 117 Å². The number of aliphatic imine (C=N–C) groups is 1. The number of piperidine rings is 1. The van der Waals surface area contributed by atoms with Crippen LogP contribution in [0.15, 0.2) is 29.3 Å². The fourth-order valence-electron chi connectivity index (χ4n) is 2.20. The zero-order chi connectivity index (χ0) is 14.7. The highest BCUT2D eigenvalue weighted by Crippen LogP contribution is 2.14. The van der Waals surface area contributed by atoms with Crippen LogP contribution >= 0.6 is 0 Å². The van der Waals surface area contributed by atoms with E-state index in [9.17, 15) is 15.3 Å². The van der Waals surface area contributed by atoms with E-state index in [1.54, 1.807) is 0 Å². The lowest BCUT2D eigenvalue weighted by molar-refractivity contribution is -0.0681. The van der Waals surface area contributed by atoms with Gasteiger partial charge in [-0.15, -0.1) is 0 Å². The minimum atomic E-state index is -1.36. The molecule has 0 radical (unpaired) electrons. The highest BCUT2D eigenvalue weighted by Gasteiger charge is 2.39. The third-order valence-corrected chi connectivity index (χ3v) is 3.58. The maximum atomic E-state index is 9.88. The van der Waals surface area contributed by atoms with Crippen LogP contribution in [-0.4, -0.2) is 57.2 Å². The molecule has 4 atom stereocenters. The van der Waals surface area contributed by atoms with Gasteiger partial charge in [0.05, 0.1) is 19.2 Å². The molecule has 2 rings (SSSR count). The summed E-state index contributed by atoms with van der Waals surface area (Å²) in [5.74, 6) is 0.185. The molecule has 0 amide bonds. The molecule has 1 aliphatic heterocycles. The molecule has 1 aliphatic rings. The topological polar surface area (TPSA) is 105 Å². The van der Waals surface area contributed by atoms with Gasteiger partial charge in [-0.05, 0) is 18.1 Å². The molecule has 1 aromatic rings. The van der Waals surface area contributed by atoms with Gasteiger partial charge >= 0.3 is 0 Å². The van der Waals surface area contributed by atoms with Crippen LogP contribution < -0.4 is 5.32 Å². The highest BCUT2D eigenvalue weighted by molar-refractivity contribution is 5.88. The average molecular weight is 280 g/mol. The quantitative estimate of drug-likeness (QED) is 0.485. The Morgan fingerprint density at radius 1 is 1.15 bits per heavy atom. The summed E-state index contributed by atoms with van der Waals surface area (Å²) in [6.45, 7) is 1.97. The molecule has 1 fully saturated rings. The van der Waals surface area contributed by atoms with Crippen LogP contribution in [0.5, 0.6) is 0 Å². The van der Waals surface area contributed by atoms with Gasteiger partial charge in [0.2, 0.25) is 0 Å². The molecule has 0 saturated carbocycles. The number of aliphatic hydroxyl groups excluding tert-OH is 4. The van der Waals surface area contributed by atoms with Crippen molar-refractivity contribution in [2.24, 2.45) is 4.99 Å². The van der Waals surface area contributed by atoms with Crippen molar-refractivity contribution in [2.75, 3.05) is 6.61 Å². The molecule has 0 aromatic heterocycles. The van der Waals surface area contributed by atoms with Gasteiger partial charge in [0, 0.05) is 0 Å². The van der Waals surface area contributed by atoms with E-state index in [0.717, 1.165) is 11.1 Å². The summed E-state index contributed by atoms with van der Waals surface area (Å²) in [5.41, 5.74) is 2.09. The minimum absolute atomic E-state index is 0.185. The van der Waals surface area contributed by atoms with Crippen LogP contribution in [0.4, 0.5) is 0 Å².